The summed E-state index contributed by atoms with van der Waals surface area (Å²) in [5.74, 6) is 0.419. The van der Waals surface area contributed by atoms with Crippen LogP contribution in [0.2, 0.25) is 0 Å². The highest BCUT2D eigenvalue weighted by molar-refractivity contribution is 7.98. The van der Waals surface area contributed by atoms with Gasteiger partial charge in [0.2, 0.25) is 5.91 Å². The molecule has 0 spiro atoms. The SMILES string of the molecule is C=C/C=C(\C=C/CO)CCC(=O)NC(CSCc1ccc(-c2ccc(-c3c(Cc4ccccc4)oc4ccccc34)cc2)cc1)C(=O)O. The lowest BCUT2D eigenvalue weighted by atomic mass is 9.96. The second-order valence-corrected chi connectivity index (χ2v) is 12.4. The maximum Gasteiger partial charge on any atom is 0.327 e. The molecule has 0 aliphatic carbocycles. The van der Waals surface area contributed by atoms with E-state index in [1.54, 1.807) is 24.3 Å². The Bertz CT molecular complexity index is 1890. The van der Waals surface area contributed by atoms with Gasteiger partial charge in [-0.25, -0.2) is 4.79 Å². The fraction of sp³-hybridized carbons (Fsp3) is 0.171. The molecule has 48 heavy (non-hydrogen) atoms. The topological polar surface area (TPSA) is 99.8 Å². The standard InChI is InChI=1S/C41H39NO5S/c1-2-9-29(12-8-25-43)17-24-39(44)42-36(41(45)46)28-48-27-31-15-18-32(19-16-31)33-20-22-34(23-21-33)40-35-13-6-7-14-37(35)47-38(40)26-30-10-4-3-5-11-30/h2-16,18-23,36,43H,1,17,24-28H2,(H,42,44)(H,45,46)/b12-8-,29-9+. The number of hydrogen-bond acceptors (Lipinski definition) is 5. The molecule has 0 fully saturated rings. The van der Waals surface area contributed by atoms with Gasteiger partial charge in [0, 0.05) is 35.3 Å². The van der Waals surface area contributed by atoms with Gasteiger partial charge >= 0.3 is 5.97 Å². The highest BCUT2D eigenvalue weighted by Gasteiger charge is 2.20. The van der Waals surface area contributed by atoms with Crippen LogP contribution < -0.4 is 5.32 Å². The second kappa shape index (κ2) is 17.2. The molecule has 5 rings (SSSR count). The number of nitrogens with one attached hydrogen (secondary N) is 1. The van der Waals surface area contributed by atoms with Gasteiger partial charge in [-0.05, 0) is 45.9 Å². The average molecular weight is 658 g/mol. The maximum atomic E-state index is 12.5. The molecular weight excluding hydrogens is 619 g/mol. The zero-order valence-corrected chi connectivity index (χ0v) is 27.5. The van der Waals surface area contributed by atoms with Crippen LogP contribution in [0.1, 0.15) is 29.7 Å². The Kier molecular flexibility index (Phi) is 12.2. The van der Waals surface area contributed by atoms with Gasteiger partial charge in [-0.2, -0.15) is 11.8 Å². The van der Waals surface area contributed by atoms with E-state index in [0.717, 1.165) is 50.1 Å². The number of aliphatic hydroxyl groups is 1. The van der Waals surface area contributed by atoms with E-state index in [1.165, 1.54) is 17.3 Å². The number of allylic oxidation sites excluding steroid dienone is 4. The number of furan rings is 1. The fourth-order valence-corrected chi connectivity index (χ4v) is 6.52. The minimum atomic E-state index is -1.06. The normalized spacial score (nSPS) is 12.3. The van der Waals surface area contributed by atoms with Crippen molar-refractivity contribution in [3.8, 4) is 22.3 Å². The van der Waals surface area contributed by atoms with E-state index in [1.807, 2.05) is 36.4 Å². The first-order valence-electron chi connectivity index (χ1n) is 15.9. The van der Waals surface area contributed by atoms with E-state index in [2.05, 4.69) is 78.6 Å². The number of benzene rings is 4. The molecule has 244 valence electrons. The van der Waals surface area contributed by atoms with Crippen molar-refractivity contribution in [1.29, 1.82) is 0 Å². The number of carboxylic acids is 1. The Hall–Kier alpha value is -5.11. The van der Waals surface area contributed by atoms with Crippen LogP contribution in [-0.4, -0.2) is 40.5 Å². The van der Waals surface area contributed by atoms with Gasteiger partial charge < -0.3 is 19.9 Å². The van der Waals surface area contributed by atoms with Gasteiger partial charge in [0.25, 0.3) is 0 Å². The minimum absolute atomic E-state index is 0.101. The van der Waals surface area contributed by atoms with Crippen LogP contribution in [0, 0.1) is 0 Å². The summed E-state index contributed by atoms with van der Waals surface area (Å²) in [4.78, 5) is 24.3. The van der Waals surface area contributed by atoms with Gasteiger partial charge in [0.15, 0.2) is 0 Å². The lowest BCUT2D eigenvalue weighted by Crippen LogP contribution is -2.42. The molecule has 0 aliphatic heterocycles. The number of fused-ring (bicyclic) bond motifs is 1. The number of amides is 1. The number of aliphatic carboxylic acids is 1. The highest BCUT2D eigenvalue weighted by atomic mass is 32.2. The Labute approximate surface area is 285 Å². The fourth-order valence-electron chi connectivity index (χ4n) is 5.51. The Morgan fingerprint density at radius 3 is 2.19 bits per heavy atom. The second-order valence-electron chi connectivity index (χ2n) is 11.4. The molecule has 1 unspecified atom stereocenters. The smallest absolute Gasteiger partial charge is 0.327 e. The van der Waals surface area contributed by atoms with Gasteiger partial charge in [0.05, 0.1) is 6.61 Å². The van der Waals surface area contributed by atoms with E-state index in [-0.39, 0.29) is 24.7 Å². The summed E-state index contributed by atoms with van der Waals surface area (Å²) in [6.45, 7) is 3.56. The van der Waals surface area contributed by atoms with Gasteiger partial charge in [-0.1, -0.05) is 128 Å². The molecule has 0 bridgehead atoms. The zero-order valence-electron chi connectivity index (χ0n) is 26.7. The number of hydrogen-bond donors (Lipinski definition) is 3. The van der Waals surface area contributed by atoms with Crippen molar-refractivity contribution in [2.24, 2.45) is 0 Å². The number of carboxylic acid groups (broad SMARTS) is 1. The van der Waals surface area contributed by atoms with Crippen LogP contribution in [0.3, 0.4) is 0 Å². The van der Waals surface area contributed by atoms with Crippen molar-refractivity contribution in [2.75, 3.05) is 12.4 Å². The molecule has 6 nitrogen and oxygen atoms in total. The molecule has 0 saturated heterocycles. The number of thioether (sulfide) groups is 1. The monoisotopic (exact) mass is 657 g/mol. The van der Waals surface area contributed by atoms with E-state index in [0.29, 0.717) is 18.6 Å². The lowest BCUT2D eigenvalue weighted by Gasteiger charge is -2.14. The van der Waals surface area contributed by atoms with E-state index in [4.69, 9.17) is 9.52 Å². The molecule has 5 aromatic rings. The third-order valence-corrected chi connectivity index (χ3v) is 9.04. The molecule has 1 atom stereocenters. The summed E-state index contributed by atoms with van der Waals surface area (Å²) in [5, 5.41) is 22.4. The first kappa shape index (κ1) is 34.2. The van der Waals surface area contributed by atoms with E-state index >= 15 is 0 Å². The molecule has 7 heteroatoms. The third kappa shape index (κ3) is 9.25. The average Bonchev–Trinajstić information content (AvgIpc) is 3.47. The number of carbonyl (C=O) groups is 2. The molecule has 1 aromatic heterocycles. The van der Waals surface area contributed by atoms with Crippen molar-refractivity contribution in [1.82, 2.24) is 5.32 Å². The van der Waals surface area contributed by atoms with Crippen molar-refractivity contribution in [3.63, 3.8) is 0 Å². The minimum Gasteiger partial charge on any atom is -0.480 e. The van der Waals surface area contributed by atoms with E-state index in [9.17, 15) is 14.7 Å². The summed E-state index contributed by atoms with van der Waals surface area (Å²) in [7, 11) is 0. The number of carbonyl (C=O) groups excluding carboxylic acids is 1. The summed E-state index contributed by atoms with van der Waals surface area (Å²) >= 11 is 1.47. The summed E-state index contributed by atoms with van der Waals surface area (Å²) in [5.41, 5.74) is 8.39. The van der Waals surface area contributed by atoms with Crippen LogP contribution in [0.5, 0.6) is 0 Å². The Morgan fingerprint density at radius 2 is 1.50 bits per heavy atom. The number of rotatable bonds is 16. The van der Waals surface area contributed by atoms with Gasteiger partial charge in [0.1, 0.15) is 17.4 Å². The van der Waals surface area contributed by atoms with Crippen molar-refractivity contribution in [2.45, 2.75) is 31.1 Å². The van der Waals surface area contributed by atoms with Crippen molar-refractivity contribution in [3.05, 3.63) is 156 Å². The summed E-state index contributed by atoms with van der Waals surface area (Å²) < 4.78 is 6.33. The summed E-state index contributed by atoms with van der Waals surface area (Å²) in [6.07, 6.45) is 7.95. The van der Waals surface area contributed by atoms with E-state index < -0.39 is 12.0 Å². The maximum absolute atomic E-state index is 12.5. The molecule has 0 radical (unpaired) electrons. The van der Waals surface area contributed by atoms with Gasteiger partial charge in [-0.15, -0.1) is 0 Å². The third-order valence-electron chi connectivity index (χ3n) is 7.93. The van der Waals surface area contributed by atoms with Crippen LogP contribution in [0.15, 0.2) is 144 Å². The predicted octanol–water partition coefficient (Wildman–Crippen LogP) is 8.60. The first-order valence-corrected chi connectivity index (χ1v) is 17.0. The first-order chi connectivity index (χ1) is 23.4. The summed E-state index contributed by atoms with van der Waals surface area (Å²) in [6, 6.07) is 34.3. The largest absolute Gasteiger partial charge is 0.480 e. The molecular formula is C41H39NO5S. The Morgan fingerprint density at radius 1 is 0.833 bits per heavy atom. The molecule has 4 aromatic carbocycles. The van der Waals surface area contributed by atoms with Crippen LogP contribution in [-0.2, 0) is 21.8 Å². The molecule has 1 amide bonds. The number of aliphatic hydroxyl groups excluding tert-OH is 1. The van der Waals surface area contributed by atoms with Crippen LogP contribution in [0.25, 0.3) is 33.2 Å². The predicted molar refractivity (Wildman–Crippen MR) is 196 cm³/mol. The van der Waals surface area contributed by atoms with Gasteiger partial charge in [-0.3, -0.25) is 4.79 Å². The zero-order chi connectivity index (χ0) is 33.7. The molecule has 3 N–H and O–H groups in total. The van der Waals surface area contributed by atoms with Crippen LogP contribution in [0.4, 0.5) is 0 Å². The number of para-hydroxylation sites is 1. The van der Waals surface area contributed by atoms with Crippen molar-refractivity contribution < 1.29 is 24.2 Å². The van der Waals surface area contributed by atoms with Crippen LogP contribution >= 0.6 is 11.8 Å². The molecule has 0 saturated carbocycles. The lowest BCUT2D eigenvalue weighted by molar-refractivity contribution is -0.141. The highest BCUT2D eigenvalue weighted by Crippen LogP contribution is 2.37. The molecule has 0 aliphatic rings. The Balaban J connectivity index is 1.18. The molecule has 1 heterocycles. The van der Waals surface area contributed by atoms with Crippen molar-refractivity contribution >= 4 is 34.6 Å². The quantitative estimate of drug-likeness (QED) is 0.0920.